The van der Waals surface area contributed by atoms with Gasteiger partial charge in [-0.1, -0.05) is 11.6 Å². The predicted molar refractivity (Wildman–Crippen MR) is 82.9 cm³/mol. The molecule has 0 aliphatic heterocycles. The van der Waals surface area contributed by atoms with Gasteiger partial charge in [-0.3, -0.25) is 4.79 Å². The van der Waals surface area contributed by atoms with Crippen molar-refractivity contribution in [1.29, 1.82) is 0 Å². The molecule has 7 heteroatoms. The van der Waals surface area contributed by atoms with Crippen LogP contribution in [0, 0.1) is 11.6 Å². The van der Waals surface area contributed by atoms with E-state index in [0.717, 1.165) is 12.1 Å². The minimum atomic E-state index is -1.16. The van der Waals surface area contributed by atoms with Gasteiger partial charge in [0.2, 0.25) is 0 Å². The zero-order valence-corrected chi connectivity index (χ0v) is 13.0. The van der Waals surface area contributed by atoms with Gasteiger partial charge >= 0.3 is 0 Å². The van der Waals surface area contributed by atoms with Crippen LogP contribution < -0.4 is 10.1 Å². The fourth-order valence-electron chi connectivity index (χ4n) is 1.97. The molecule has 0 radical (unpaired) electrons. The lowest BCUT2D eigenvalue weighted by Gasteiger charge is -2.12. The van der Waals surface area contributed by atoms with E-state index in [1.54, 1.807) is 12.1 Å². The average molecular weight is 342 g/mol. The summed E-state index contributed by atoms with van der Waals surface area (Å²) in [5.74, 6) is -2.49. The van der Waals surface area contributed by atoms with E-state index in [-0.39, 0.29) is 17.2 Å². The molecule has 122 valence electrons. The van der Waals surface area contributed by atoms with Crippen molar-refractivity contribution in [3.63, 3.8) is 0 Å². The van der Waals surface area contributed by atoms with Crippen molar-refractivity contribution >= 4 is 23.2 Å². The second-order valence-electron chi connectivity index (χ2n) is 4.61. The molecule has 0 aliphatic carbocycles. The van der Waals surface area contributed by atoms with Crippen molar-refractivity contribution in [2.24, 2.45) is 0 Å². The minimum absolute atomic E-state index is 0.190. The lowest BCUT2D eigenvalue weighted by Crippen LogP contribution is -2.13. The van der Waals surface area contributed by atoms with Crippen LogP contribution >= 0.6 is 11.6 Å². The highest BCUT2D eigenvalue weighted by atomic mass is 35.5. The van der Waals surface area contributed by atoms with Gasteiger partial charge in [0.25, 0.3) is 5.91 Å². The van der Waals surface area contributed by atoms with Crippen molar-refractivity contribution in [2.45, 2.75) is 13.5 Å². The molecule has 0 aliphatic rings. The number of rotatable bonds is 5. The summed E-state index contributed by atoms with van der Waals surface area (Å²) in [5.41, 5.74) is 0.661. The fraction of sp³-hybridized carbons (Fsp3) is 0.188. The summed E-state index contributed by atoms with van der Waals surface area (Å²) in [6, 6.07) is 6.15. The molecule has 0 saturated carbocycles. The Morgan fingerprint density at radius 3 is 2.61 bits per heavy atom. The number of hydrogen-bond donors (Lipinski definition) is 2. The zero-order chi connectivity index (χ0) is 17.0. The Morgan fingerprint density at radius 2 is 1.96 bits per heavy atom. The molecule has 2 N–H and O–H groups in total. The largest absolute Gasteiger partial charge is 0.494 e. The fourth-order valence-corrected chi connectivity index (χ4v) is 2.21. The molecule has 0 spiro atoms. The second kappa shape index (κ2) is 7.39. The summed E-state index contributed by atoms with van der Waals surface area (Å²) < 4.78 is 31.6. The van der Waals surface area contributed by atoms with Crippen LogP contribution in [0.25, 0.3) is 0 Å². The molecule has 2 rings (SSSR count). The van der Waals surface area contributed by atoms with Crippen molar-refractivity contribution in [2.75, 3.05) is 11.9 Å². The summed E-state index contributed by atoms with van der Waals surface area (Å²) in [6.07, 6.45) is 0. The van der Waals surface area contributed by atoms with Crippen LogP contribution in [0.15, 0.2) is 30.3 Å². The number of ether oxygens (including phenoxy) is 1. The van der Waals surface area contributed by atoms with Crippen LogP contribution in [0.4, 0.5) is 14.5 Å². The van der Waals surface area contributed by atoms with E-state index >= 15 is 0 Å². The normalized spacial score (nSPS) is 10.5. The van der Waals surface area contributed by atoms with Crippen LogP contribution in [-0.4, -0.2) is 17.6 Å². The molecule has 0 bridgehead atoms. The summed E-state index contributed by atoms with van der Waals surface area (Å²) in [6.45, 7) is 1.97. The molecular formula is C16H14ClF2NO3. The van der Waals surface area contributed by atoms with Gasteiger partial charge in [-0.25, -0.2) is 8.78 Å². The third kappa shape index (κ3) is 3.97. The van der Waals surface area contributed by atoms with Gasteiger partial charge < -0.3 is 15.2 Å². The number of halogens is 3. The molecule has 4 nitrogen and oxygen atoms in total. The van der Waals surface area contributed by atoms with Crippen molar-refractivity contribution in [3.05, 3.63) is 58.1 Å². The third-order valence-corrected chi connectivity index (χ3v) is 3.36. The van der Waals surface area contributed by atoms with E-state index in [1.165, 1.54) is 6.07 Å². The molecule has 23 heavy (non-hydrogen) atoms. The molecular weight excluding hydrogens is 328 g/mol. The Hall–Kier alpha value is -2.18. The van der Waals surface area contributed by atoms with Crippen molar-refractivity contribution in [3.8, 4) is 5.75 Å². The summed E-state index contributed by atoms with van der Waals surface area (Å²) in [5, 5.41) is 11.6. The number of benzene rings is 2. The molecule has 0 unspecified atom stereocenters. The number of aliphatic hydroxyl groups excluding tert-OH is 1. The van der Waals surface area contributed by atoms with Crippen molar-refractivity contribution in [1.82, 2.24) is 0 Å². The van der Waals surface area contributed by atoms with E-state index in [0.29, 0.717) is 23.6 Å². The number of aliphatic hydroxyl groups is 1. The SMILES string of the molecule is CCOc1ccc(NC(=O)c2cc(F)c(F)cc2Cl)cc1CO. The first-order valence-corrected chi connectivity index (χ1v) is 7.16. The lowest BCUT2D eigenvalue weighted by atomic mass is 10.1. The lowest BCUT2D eigenvalue weighted by molar-refractivity contribution is 0.102. The second-order valence-corrected chi connectivity index (χ2v) is 5.02. The van der Waals surface area contributed by atoms with Crippen LogP contribution in [-0.2, 0) is 6.61 Å². The molecule has 0 saturated heterocycles. The number of carbonyl (C=O) groups is 1. The Bertz CT molecular complexity index is 738. The number of carbonyl (C=O) groups excluding carboxylic acids is 1. The first-order valence-electron chi connectivity index (χ1n) is 6.78. The highest BCUT2D eigenvalue weighted by Crippen LogP contribution is 2.25. The molecule has 2 aromatic rings. The number of anilines is 1. The number of amides is 1. The Balaban J connectivity index is 2.25. The topological polar surface area (TPSA) is 58.6 Å². The number of hydrogen-bond acceptors (Lipinski definition) is 3. The van der Waals surface area contributed by atoms with Gasteiger partial charge in [-0.15, -0.1) is 0 Å². The maximum Gasteiger partial charge on any atom is 0.257 e. The Kier molecular flexibility index (Phi) is 5.52. The third-order valence-electron chi connectivity index (χ3n) is 3.04. The maximum atomic E-state index is 13.3. The maximum absolute atomic E-state index is 13.3. The summed E-state index contributed by atoms with van der Waals surface area (Å²) in [7, 11) is 0. The van der Waals surface area contributed by atoms with Crippen LogP contribution in [0.5, 0.6) is 5.75 Å². The first-order chi connectivity index (χ1) is 11.0. The van der Waals surface area contributed by atoms with E-state index < -0.39 is 17.5 Å². The molecule has 0 heterocycles. The quantitative estimate of drug-likeness (QED) is 0.814. The molecule has 1 amide bonds. The van der Waals surface area contributed by atoms with Gasteiger partial charge in [-0.05, 0) is 37.3 Å². The van der Waals surface area contributed by atoms with Gasteiger partial charge in [0.05, 0.1) is 23.8 Å². The monoisotopic (exact) mass is 341 g/mol. The molecule has 0 aromatic heterocycles. The summed E-state index contributed by atoms with van der Waals surface area (Å²) >= 11 is 5.76. The summed E-state index contributed by atoms with van der Waals surface area (Å²) in [4.78, 5) is 12.1. The van der Waals surface area contributed by atoms with Crippen LogP contribution in [0.1, 0.15) is 22.8 Å². The highest BCUT2D eigenvalue weighted by molar-refractivity contribution is 6.34. The van der Waals surface area contributed by atoms with Crippen LogP contribution in [0.2, 0.25) is 5.02 Å². The predicted octanol–water partition coefficient (Wildman–Crippen LogP) is 3.76. The standard InChI is InChI=1S/C16H14ClF2NO3/c1-2-23-15-4-3-10(5-9(15)8-21)20-16(22)11-6-13(18)14(19)7-12(11)17/h3-7,21H,2,8H2,1H3,(H,20,22). The zero-order valence-electron chi connectivity index (χ0n) is 12.2. The Morgan fingerprint density at radius 1 is 1.26 bits per heavy atom. The van der Waals surface area contributed by atoms with Gasteiger partial charge in [-0.2, -0.15) is 0 Å². The van der Waals surface area contributed by atoms with Gasteiger partial charge in [0, 0.05) is 11.3 Å². The van der Waals surface area contributed by atoms with E-state index in [4.69, 9.17) is 16.3 Å². The van der Waals surface area contributed by atoms with Gasteiger partial charge in [0.1, 0.15) is 5.75 Å². The highest BCUT2D eigenvalue weighted by Gasteiger charge is 2.16. The van der Waals surface area contributed by atoms with E-state index in [2.05, 4.69) is 5.32 Å². The van der Waals surface area contributed by atoms with Crippen molar-refractivity contribution < 1.29 is 23.4 Å². The minimum Gasteiger partial charge on any atom is -0.494 e. The first kappa shape index (κ1) is 17.2. The van der Waals surface area contributed by atoms with E-state index in [1.807, 2.05) is 6.92 Å². The smallest absolute Gasteiger partial charge is 0.257 e. The molecule has 0 atom stereocenters. The van der Waals surface area contributed by atoms with Gasteiger partial charge in [0.15, 0.2) is 11.6 Å². The number of nitrogens with one attached hydrogen (secondary N) is 1. The molecule has 0 fully saturated rings. The van der Waals surface area contributed by atoms with Crippen LogP contribution in [0.3, 0.4) is 0 Å². The Labute approximate surface area is 136 Å². The average Bonchev–Trinajstić information content (AvgIpc) is 2.52. The molecule has 2 aromatic carbocycles. The van der Waals surface area contributed by atoms with E-state index in [9.17, 15) is 18.7 Å².